The van der Waals surface area contributed by atoms with Crippen LogP contribution < -0.4 is 14.4 Å². The van der Waals surface area contributed by atoms with Crippen molar-refractivity contribution in [1.82, 2.24) is 9.55 Å². The molecule has 180 valence electrons. The maximum absolute atomic E-state index is 13.0. The Labute approximate surface area is 206 Å². The minimum Gasteiger partial charge on any atom is -0.497 e. The number of aromatic nitrogens is 2. The lowest BCUT2D eigenvalue weighted by atomic mass is 10.1. The van der Waals surface area contributed by atoms with Gasteiger partial charge in [0.05, 0.1) is 24.8 Å². The number of hydrogen-bond donors (Lipinski definition) is 0. The molecular formula is C29H31N3O3. The molecule has 6 nitrogen and oxygen atoms in total. The maximum atomic E-state index is 13.0. The van der Waals surface area contributed by atoms with Crippen molar-refractivity contribution in [3.63, 3.8) is 0 Å². The molecule has 2 heterocycles. The number of aryl methyl sites for hydroxylation is 3. The third kappa shape index (κ3) is 4.61. The molecule has 0 radical (unpaired) electrons. The fraction of sp³-hybridized carbons (Fsp3) is 0.310. The van der Waals surface area contributed by atoms with Gasteiger partial charge in [0.15, 0.2) is 0 Å². The van der Waals surface area contributed by atoms with Crippen molar-refractivity contribution in [3.05, 3.63) is 83.7 Å². The van der Waals surface area contributed by atoms with Crippen molar-refractivity contribution in [2.75, 3.05) is 25.2 Å². The van der Waals surface area contributed by atoms with Gasteiger partial charge < -0.3 is 18.9 Å². The minimum absolute atomic E-state index is 0.0385. The van der Waals surface area contributed by atoms with Gasteiger partial charge in [0.2, 0.25) is 5.91 Å². The molecule has 1 saturated heterocycles. The number of methoxy groups -OCH3 is 1. The zero-order valence-electron chi connectivity index (χ0n) is 20.5. The molecule has 0 saturated carbocycles. The van der Waals surface area contributed by atoms with Gasteiger partial charge in [-0.3, -0.25) is 4.79 Å². The highest BCUT2D eigenvalue weighted by Crippen LogP contribution is 2.34. The van der Waals surface area contributed by atoms with E-state index in [0.29, 0.717) is 19.6 Å². The number of benzene rings is 3. The number of nitrogens with zero attached hydrogens (tertiary/aromatic N) is 3. The normalized spacial score (nSPS) is 15.7. The van der Waals surface area contributed by atoms with Crippen molar-refractivity contribution in [2.45, 2.75) is 39.2 Å². The molecule has 0 N–H and O–H groups in total. The predicted molar refractivity (Wildman–Crippen MR) is 138 cm³/mol. The summed E-state index contributed by atoms with van der Waals surface area (Å²) in [6, 6.07) is 22.1. The zero-order valence-corrected chi connectivity index (χ0v) is 20.5. The van der Waals surface area contributed by atoms with E-state index in [0.717, 1.165) is 58.1 Å². The van der Waals surface area contributed by atoms with E-state index in [-0.39, 0.29) is 11.8 Å². The van der Waals surface area contributed by atoms with Gasteiger partial charge in [0.25, 0.3) is 0 Å². The number of amides is 1. The second-order valence-electron chi connectivity index (χ2n) is 9.14. The van der Waals surface area contributed by atoms with Crippen molar-refractivity contribution in [2.24, 2.45) is 0 Å². The van der Waals surface area contributed by atoms with E-state index in [1.54, 1.807) is 7.11 Å². The van der Waals surface area contributed by atoms with E-state index in [9.17, 15) is 4.79 Å². The molecule has 1 aliphatic rings. The van der Waals surface area contributed by atoms with Crippen molar-refractivity contribution < 1.29 is 14.3 Å². The van der Waals surface area contributed by atoms with E-state index in [1.165, 1.54) is 0 Å². The van der Waals surface area contributed by atoms with Crippen LogP contribution >= 0.6 is 0 Å². The third-order valence-electron chi connectivity index (χ3n) is 6.74. The Morgan fingerprint density at radius 3 is 2.46 bits per heavy atom. The Morgan fingerprint density at radius 2 is 1.71 bits per heavy atom. The van der Waals surface area contributed by atoms with Gasteiger partial charge in [0, 0.05) is 31.1 Å². The lowest BCUT2D eigenvalue weighted by Gasteiger charge is -2.18. The number of carbonyl (C=O) groups is 1. The summed E-state index contributed by atoms with van der Waals surface area (Å²) in [5.41, 5.74) is 5.27. The molecule has 3 aromatic carbocycles. The molecule has 0 aliphatic carbocycles. The van der Waals surface area contributed by atoms with Crippen LogP contribution in [0, 0.1) is 13.8 Å². The number of imidazole rings is 1. The Bertz CT molecular complexity index is 1320. The minimum atomic E-state index is 0.0385. The van der Waals surface area contributed by atoms with E-state index in [1.807, 2.05) is 47.4 Å². The Kier molecular flexibility index (Phi) is 6.45. The van der Waals surface area contributed by atoms with Crippen LogP contribution in [0.4, 0.5) is 5.69 Å². The largest absolute Gasteiger partial charge is 0.497 e. The predicted octanol–water partition coefficient (Wildman–Crippen LogP) is 5.65. The van der Waals surface area contributed by atoms with Gasteiger partial charge in [-0.25, -0.2) is 4.98 Å². The SMILES string of the molecule is COc1ccc(N2CC(c3nc4ccccc4n3CCCOc3c(C)cccc3C)CC2=O)cc1. The van der Waals surface area contributed by atoms with E-state index in [4.69, 9.17) is 14.5 Å². The molecule has 5 rings (SSSR count). The first-order chi connectivity index (χ1) is 17.0. The average molecular weight is 470 g/mol. The third-order valence-corrected chi connectivity index (χ3v) is 6.74. The second-order valence-corrected chi connectivity index (χ2v) is 9.14. The molecule has 1 amide bonds. The van der Waals surface area contributed by atoms with Crippen molar-refractivity contribution in [1.29, 1.82) is 0 Å². The molecule has 6 heteroatoms. The van der Waals surface area contributed by atoms with Crippen LogP contribution in [0.25, 0.3) is 11.0 Å². The summed E-state index contributed by atoms with van der Waals surface area (Å²) in [5.74, 6) is 2.89. The number of ether oxygens (including phenoxy) is 2. The van der Waals surface area contributed by atoms with Crippen LogP contribution in [-0.2, 0) is 11.3 Å². The summed E-state index contributed by atoms with van der Waals surface area (Å²) in [7, 11) is 1.64. The highest BCUT2D eigenvalue weighted by atomic mass is 16.5. The van der Waals surface area contributed by atoms with Gasteiger partial charge in [0.1, 0.15) is 17.3 Å². The van der Waals surface area contributed by atoms with Crippen LogP contribution in [0.15, 0.2) is 66.7 Å². The molecule has 4 aromatic rings. The molecular weight excluding hydrogens is 438 g/mol. The lowest BCUT2D eigenvalue weighted by molar-refractivity contribution is -0.117. The van der Waals surface area contributed by atoms with Crippen LogP contribution in [0.2, 0.25) is 0 Å². The van der Waals surface area contributed by atoms with Crippen molar-refractivity contribution >= 4 is 22.6 Å². The fourth-order valence-corrected chi connectivity index (χ4v) is 4.96. The first-order valence-corrected chi connectivity index (χ1v) is 12.1. The number of fused-ring (bicyclic) bond motifs is 1. The fourth-order valence-electron chi connectivity index (χ4n) is 4.96. The smallest absolute Gasteiger partial charge is 0.227 e. The topological polar surface area (TPSA) is 56.6 Å². The molecule has 35 heavy (non-hydrogen) atoms. The number of anilines is 1. The van der Waals surface area contributed by atoms with Gasteiger partial charge >= 0.3 is 0 Å². The van der Waals surface area contributed by atoms with Gasteiger partial charge in [-0.1, -0.05) is 30.3 Å². The quantitative estimate of drug-likeness (QED) is 0.313. The van der Waals surface area contributed by atoms with Gasteiger partial charge in [-0.15, -0.1) is 0 Å². The molecule has 1 unspecified atom stereocenters. The number of hydrogen-bond acceptors (Lipinski definition) is 4. The molecule has 1 aromatic heterocycles. The van der Waals surface area contributed by atoms with Crippen molar-refractivity contribution in [3.8, 4) is 11.5 Å². The summed E-state index contributed by atoms with van der Waals surface area (Å²) < 4.78 is 13.7. The second kappa shape index (κ2) is 9.82. The molecule has 1 fully saturated rings. The number of para-hydroxylation sites is 3. The highest BCUT2D eigenvalue weighted by molar-refractivity contribution is 5.96. The first kappa shape index (κ1) is 23.0. The summed E-state index contributed by atoms with van der Waals surface area (Å²) >= 11 is 0. The lowest BCUT2D eigenvalue weighted by Crippen LogP contribution is -2.24. The summed E-state index contributed by atoms with van der Waals surface area (Å²) in [5, 5.41) is 0. The molecule has 0 spiro atoms. The Morgan fingerprint density at radius 1 is 0.971 bits per heavy atom. The Balaban J connectivity index is 1.34. The van der Waals surface area contributed by atoms with Crippen LogP contribution in [0.1, 0.15) is 35.7 Å². The van der Waals surface area contributed by atoms with Gasteiger partial charge in [-0.05, 0) is 67.8 Å². The van der Waals surface area contributed by atoms with E-state index in [2.05, 4.69) is 42.7 Å². The average Bonchev–Trinajstić information content (AvgIpc) is 3.44. The van der Waals surface area contributed by atoms with Crippen LogP contribution in [-0.4, -0.2) is 35.7 Å². The standard InChI is InChI=1S/C29H31N3O3/c1-20-8-6-9-21(2)28(20)35-17-7-16-31-26-11-5-4-10-25(26)30-29(31)22-18-27(33)32(19-22)23-12-14-24(34-3)15-13-23/h4-6,8-15,22H,7,16-19H2,1-3H3. The summed E-state index contributed by atoms with van der Waals surface area (Å²) in [4.78, 5) is 19.8. The monoisotopic (exact) mass is 469 g/mol. The number of rotatable bonds is 8. The van der Waals surface area contributed by atoms with Gasteiger partial charge in [-0.2, -0.15) is 0 Å². The Hall–Kier alpha value is -3.80. The van der Waals surface area contributed by atoms with E-state index >= 15 is 0 Å². The van der Waals surface area contributed by atoms with Crippen LogP contribution in [0.5, 0.6) is 11.5 Å². The number of carbonyl (C=O) groups excluding carboxylic acids is 1. The molecule has 1 atom stereocenters. The highest BCUT2D eigenvalue weighted by Gasteiger charge is 2.34. The molecule has 1 aliphatic heterocycles. The van der Waals surface area contributed by atoms with E-state index < -0.39 is 0 Å². The maximum Gasteiger partial charge on any atom is 0.227 e. The summed E-state index contributed by atoms with van der Waals surface area (Å²) in [6.45, 7) is 6.19. The first-order valence-electron chi connectivity index (χ1n) is 12.1. The molecule has 0 bridgehead atoms. The van der Waals surface area contributed by atoms with Crippen LogP contribution in [0.3, 0.4) is 0 Å². The summed E-state index contributed by atoms with van der Waals surface area (Å²) in [6.07, 6.45) is 1.30. The zero-order chi connectivity index (χ0) is 24.4.